The number of benzene rings is 2. The number of phenolic OH excluding ortho intramolecular Hbond substituents is 1. The lowest BCUT2D eigenvalue weighted by Gasteiger charge is -2.14. The fourth-order valence-electron chi connectivity index (χ4n) is 2.97. The van der Waals surface area contributed by atoms with Crippen LogP contribution in [0.2, 0.25) is 0 Å². The van der Waals surface area contributed by atoms with Crippen molar-refractivity contribution in [1.82, 2.24) is 10.3 Å². The maximum Gasteiger partial charge on any atom is 0.481 e. The molecule has 0 aliphatic carbocycles. The molecule has 32 heavy (non-hydrogen) atoms. The van der Waals surface area contributed by atoms with Crippen LogP contribution in [0.25, 0.3) is 10.9 Å². The monoisotopic (exact) mass is 475 g/mol. The maximum atomic E-state index is 12.8. The van der Waals surface area contributed by atoms with Crippen LogP contribution >= 0.6 is 20.5 Å². The van der Waals surface area contributed by atoms with E-state index in [0.29, 0.717) is 22.8 Å². The summed E-state index contributed by atoms with van der Waals surface area (Å²) in [7, 11) is -3.50. The van der Waals surface area contributed by atoms with Gasteiger partial charge in [-0.3, -0.25) is 9.78 Å². The number of halogens is 2. The fourth-order valence-corrected chi connectivity index (χ4v) is 3.87. The van der Waals surface area contributed by atoms with Gasteiger partial charge < -0.3 is 20.3 Å². The minimum Gasteiger partial charge on any atom is -0.508 e. The molecule has 1 heterocycles. The number of rotatable bonds is 9. The molecule has 6 nitrogen and oxygen atoms in total. The van der Waals surface area contributed by atoms with Gasteiger partial charge >= 0.3 is 8.77 Å². The molecule has 2 aromatic carbocycles. The molecule has 1 aromatic heterocycles. The van der Waals surface area contributed by atoms with E-state index in [9.17, 15) is 18.3 Å². The van der Waals surface area contributed by atoms with E-state index < -0.39 is 8.77 Å². The van der Waals surface area contributed by atoms with Gasteiger partial charge in [0, 0.05) is 23.8 Å². The third-order valence-electron chi connectivity index (χ3n) is 4.43. The lowest BCUT2D eigenvalue weighted by molar-refractivity contribution is -0.112. The Morgan fingerprint density at radius 2 is 2.00 bits per heavy atom. The van der Waals surface area contributed by atoms with Crippen LogP contribution in [0.4, 0.5) is 14.1 Å². The number of anilines is 1. The molecule has 0 spiro atoms. The van der Waals surface area contributed by atoms with E-state index in [4.69, 9.17) is 0 Å². The van der Waals surface area contributed by atoms with Crippen molar-refractivity contribution in [2.45, 2.75) is 6.54 Å². The number of hydrogen-bond acceptors (Lipinski definition) is 6. The highest BCUT2D eigenvalue weighted by Gasteiger charge is 2.15. The molecule has 10 heteroatoms. The average Bonchev–Trinajstić information content (AvgIpc) is 2.77. The number of carbonyl (C=O) groups is 1. The number of fused-ring (bicyclic) bond motifs is 1. The van der Waals surface area contributed by atoms with Gasteiger partial charge in [0.1, 0.15) is 11.5 Å². The van der Waals surface area contributed by atoms with E-state index in [0.717, 1.165) is 16.5 Å². The summed E-state index contributed by atoms with van der Waals surface area (Å²) in [6.45, 7) is 4.17. The SMILES string of the molecule is C=C/C(NCc1ccnc2ccc(O)cc12)=C(\SC)C(=O)Nc1ccc(OP(F)F)cc1. The molecule has 0 aliphatic rings. The molecule has 3 aromatic rings. The Hall–Kier alpha value is -3.16. The van der Waals surface area contributed by atoms with Crippen molar-refractivity contribution in [2.24, 2.45) is 0 Å². The van der Waals surface area contributed by atoms with Gasteiger partial charge in [-0.1, -0.05) is 6.58 Å². The van der Waals surface area contributed by atoms with E-state index >= 15 is 0 Å². The van der Waals surface area contributed by atoms with Crippen molar-refractivity contribution < 1.29 is 22.8 Å². The Kier molecular flexibility index (Phi) is 8.03. The van der Waals surface area contributed by atoms with Crippen LogP contribution in [-0.2, 0) is 11.3 Å². The summed E-state index contributed by atoms with van der Waals surface area (Å²) >= 11 is 1.24. The molecule has 0 radical (unpaired) electrons. The first-order valence-electron chi connectivity index (χ1n) is 9.33. The lowest BCUT2D eigenvalue weighted by atomic mass is 10.1. The van der Waals surface area contributed by atoms with Gasteiger partial charge in [-0.25, -0.2) is 0 Å². The summed E-state index contributed by atoms with van der Waals surface area (Å²) < 4.78 is 29.1. The molecular formula is C22H20F2N3O3PS. The molecule has 0 fully saturated rings. The molecular weight excluding hydrogens is 455 g/mol. The quantitative estimate of drug-likeness (QED) is 0.201. The van der Waals surface area contributed by atoms with Crippen molar-refractivity contribution >= 4 is 43.0 Å². The Balaban J connectivity index is 1.76. The topological polar surface area (TPSA) is 83.5 Å². The van der Waals surface area contributed by atoms with Crippen LogP contribution in [0.15, 0.2) is 78.0 Å². The highest BCUT2D eigenvalue weighted by atomic mass is 32.2. The van der Waals surface area contributed by atoms with E-state index in [-0.39, 0.29) is 17.4 Å². The number of pyridine rings is 1. The van der Waals surface area contributed by atoms with Gasteiger partial charge in [0.05, 0.1) is 16.1 Å². The number of thioether (sulfide) groups is 1. The molecule has 3 rings (SSSR count). The highest BCUT2D eigenvalue weighted by Crippen LogP contribution is 2.40. The molecule has 0 aliphatic heterocycles. The van der Waals surface area contributed by atoms with Crippen LogP contribution in [-0.4, -0.2) is 22.3 Å². The number of nitrogens with zero attached hydrogens (tertiary/aromatic N) is 1. The second-order valence-electron chi connectivity index (χ2n) is 6.45. The van der Waals surface area contributed by atoms with Crippen LogP contribution < -0.4 is 15.2 Å². The fraction of sp³-hybridized carbons (Fsp3) is 0.0909. The maximum absolute atomic E-state index is 12.8. The van der Waals surface area contributed by atoms with Crippen molar-refractivity contribution in [2.75, 3.05) is 11.6 Å². The van der Waals surface area contributed by atoms with Gasteiger partial charge in [-0.05, 0) is 66.4 Å². The van der Waals surface area contributed by atoms with Gasteiger partial charge in [-0.2, -0.15) is 0 Å². The summed E-state index contributed by atoms with van der Waals surface area (Å²) in [6, 6.07) is 12.5. The first-order valence-corrected chi connectivity index (χ1v) is 11.6. The number of amides is 1. The normalized spacial score (nSPS) is 11.8. The largest absolute Gasteiger partial charge is 0.508 e. The smallest absolute Gasteiger partial charge is 0.481 e. The Morgan fingerprint density at radius 1 is 1.25 bits per heavy atom. The number of phenols is 1. The van der Waals surface area contributed by atoms with Crippen molar-refractivity contribution in [3.8, 4) is 11.5 Å². The average molecular weight is 475 g/mol. The molecule has 166 valence electrons. The zero-order valence-corrected chi connectivity index (χ0v) is 18.7. The first-order chi connectivity index (χ1) is 15.4. The van der Waals surface area contributed by atoms with Gasteiger partial charge in [0.25, 0.3) is 5.91 Å². The summed E-state index contributed by atoms with van der Waals surface area (Å²) in [4.78, 5) is 17.5. The summed E-state index contributed by atoms with van der Waals surface area (Å²) in [5.74, 6) is -0.200. The molecule has 1 amide bonds. The minimum absolute atomic E-state index is 0.0313. The highest BCUT2D eigenvalue weighted by molar-refractivity contribution is 8.03. The minimum atomic E-state index is -3.50. The van der Waals surface area contributed by atoms with E-state index in [1.165, 1.54) is 36.0 Å². The first kappa shape index (κ1) is 23.5. The van der Waals surface area contributed by atoms with E-state index in [1.54, 1.807) is 36.7 Å². The van der Waals surface area contributed by atoms with Crippen LogP contribution in [0.5, 0.6) is 11.5 Å². The number of allylic oxidation sites excluding steroid dienone is 1. The third kappa shape index (κ3) is 5.96. The molecule has 0 bridgehead atoms. The van der Waals surface area contributed by atoms with Crippen LogP contribution in [0, 0.1) is 0 Å². The molecule has 0 unspecified atom stereocenters. The molecule has 3 N–H and O–H groups in total. The molecule has 0 atom stereocenters. The number of aromatic hydroxyl groups is 1. The summed E-state index contributed by atoms with van der Waals surface area (Å²) in [5, 5.41) is 16.6. The third-order valence-corrected chi connectivity index (χ3v) is 5.59. The van der Waals surface area contributed by atoms with Crippen molar-refractivity contribution in [1.29, 1.82) is 0 Å². The molecule has 0 saturated heterocycles. The predicted octanol–water partition coefficient (Wildman–Crippen LogP) is 5.97. The van der Waals surface area contributed by atoms with E-state index in [1.807, 2.05) is 6.07 Å². The number of carbonyl (C=O) groups excluding carboxylic acids is 1. The summed E-state index contributed by atoms with van der Waals surface area (Å²) in [6.07, 6.45) is 4.99. The second-order valence-corrected chi connectivity index (χ2v) is 7.85. The van der Waals surface area contributed by atoms with Gasteiger partial charge in [0.2, 0.25) is 0 Å². The summed E-state index contributed by atoms with van der Waals surface area (Å²) in [5.41, 5.74) is 2.60. The van der Waals surface area contributed by atoms with Gasteiger partial charge in [-0.15, -0.1) is 20.2 Å². The lowest BCUT2D eigenvalue weighted by Crippen LogP contribution is -2.20. The Morgan fingerprint density at radius 3 is 2.66 bits per heavy atom. The van der Waals surface area contributed by atoms with Crippen LogP contribution in [0.1, 0.15) is 5.56 Å². The zero-order valence-electron chi connectivity index (χ0n) is 17.0. The van der Waals surface area contributed by atoms with Crippen molar-refractivity contribution in [3.63, 3.8) is 0 Å². The zero-order chi connectivity index (χ0) is 23.1. The number of hydrogen-bond donors (Lipinski definition) is 3. The Bertz CT molecular complexity index is 1160. The van der Waals surface area contributed by atoms with E-state index in [2.05, 4.69) is 26.7 Å². The second kappa shape index (κ2) is 10.9. The molecule has 0 saturated carbocycles. The predicted molar refractivity (Wildman–Crippen MR) is 126 cm³/mol. The van der Waals surface area contributed by atoms with Crippen molar-refractivity contribution in [3.05, 3.63) is 83.5 Å². The number of aromatic nitrogens is 1. The van der Waals surface area contributed by atoms with Gasteiger partial charge in [0.15, 0.2) is 0 Å². The Labute approximate surface area is 189 Å². The standard InChI is InChI=1S/C22H20F2N3O3PS/c1-3-19(26-13-14-10-11-25-20-9-6-16(28)12-18(14)20)21(32-2)22(29)27-15-4-7-17(8-5-15)30-31(23)24/h3-12,26,28H,1,13H2,2H3,(H,27,29)/b21-19+. The van der Waals surface area contributed by atoms with Crippen LogP contribution in [0.3, 0.4) is 0 Å². The number of nitrogens with one attached hydrogen (secondary N) is 2.